The van der Waals surface area contributed by atoms with Crippen LogP contribution in [-0.2, 0) is 9.47 Å². The van der Waals surface area contributed by atoms with Crippen molar-refractivity contribution in [3.05, 3.63) is 0 Å². The zero-order valence-corrected chi connectivity index (χ0v) is 15.4. The van der Waals surface area contributed by atoms with Crippen molar-refractivity contribution in [2.45, 2.75) is 96.6 Å². The second-order valence-electron chi connectivity index (χ2n) is 8.05. The van der Waals surface area contributed by atoms with Crippen molar-refractivity contribution in [1.29, 1.82) is 0 Å². The first-order valence-corrected chi connectivity index (χ1v) is 9.19. The zero-order valence-electron chi connectivity index (χ0n) is 15.4. The third kappa shape index (κ3) is 5.08. The quantitative estimate of drug-likeness (QED) is 0.705. The van der Waals surface area contributed by atoms with Crippen LogP contribution >= 0.6 is 0 Å². The van der Waals surface area contributed by atoms with Gasteiger partial charge in [0.25, 0.3) is 0 Å². The average molecular weight is 326 g/mol. The Morgan fingerprint density at radius 1 is 1.30 bits per heavy atom. The van der Waals surface area contributed by atoms with Crippen LogP contribution in [0.2, 0.25) is 0 Å². The van der Waals surface area contributed by atoms with E-state index in [2.05, 4.69) is 24.5 Å². The normalized spacial score (nSPS) is 31.2. The number of hydrogen-bond acceptors (Lipinski definition) is 4. The summed E-state index contributed by atoms with van der Waals surface area (Å²) in [5.41, 5.74) is -0.463. The molecule has 1 aliphatic heterocycles. The fraction of sp³-hybridized carbons (Fsp3) is 0.944. The van der Waals surface area contributed by atoms with E-state index in [1.807, 2.05) is 20.8 Å². The molecular weight excluding hydrogens is 292 g/mol. The molecule has 1 amide bonds. The largest absolute Gasteiger partial charge is 0.444 e. The van der Waals surface area contributed by atoms with Crippen molar-refractivity contribution in [3.63, 3.8) is 0 Å². The highest BCUT2D eigenvalue weighted by Crippen LogP contribution is 2.39. The van der Waals surface area contributed by atoms with E-state index in [9.17, 15) is 4.79 Å². The minimum Gasteiger partial charge on any atom is -0.444 e. The molecule has 0 radical (unpaired) electrons. The maximum atomic E-state index is 12.1. The van der Waals surface area contributed by atoms with E-state index in [1.165, 1.54) is 25.7 Å². The minimum absolute atomic E-state index is 0.117. The van der Waals surface area contributed by atoms with Gasteiger partial charge in [-0.1, -0.05) is 26.2 Å². The van der Waals surface area contributed by atoms with Gasteiger partial charge in [-0.25, -0.2) is 4.79 Å². The first kappa shape index (κ1) is 18.5. The first-order valence-electron chi connectivity index (χ1n) is 9.19. The first-order chi connectivity index (χ1) is 10.8. The summed E-state index contributed by atoms with van der Waals surface area (Å²) in [7, 11) is 0. The number of alkyl carbamates (subject to hydrolysis) is 1. The smallest absolute Gasteiger partial charge is 0.407 e. The maximum absolute atomic E-state index is 12.1. The summed E-state index contributed by atoms with van der Waals surface area (Å²) in [6.45, 7) is 10.9. The van der Waals surface area contributed by atoms with Crippen LogP contribution in [0.4, 0.5) is 4.79 Å². The Morgan fingerprint density at radius 3 is 2.70 bits per heavy atom. The van der Waals surface area contributed by atoms with E-state index in [0.717, 1.165) is 13.0 Å². The van der Waals surface area contributed by atoms with Gasteiger partial charge < -0.3 is 20.1 Å². The molecule has 2 aliphatic rings. The lowest BCUT2D eigenvalue weighted by Crippen LogP contribution is -2.71. The Labute approximate surface area is 140 Å². The SMILES string of the molecule is CCCCCC(C)NC1C(NC(=O)OC(C)(C)C)C2CCOC21. The van der Waals surface area contributed by atoms with Gasteiger partial charge in [-0.15, -0.1) is 0 Å². The van der Waals surface area contributed by atoms with Crippen molar-refractivity contribution >= 4 is 6.09 Å². The molecule has 5 heteroatoms. The molecule has 0 aromatic rings. The van der Waals surface area contributed by atoms with E-state index >= 15 is 0 Å². The number of unbranched alkanes of at least 4 members (excludes halogenated alkanes) is 2. The number of hydrogen-bond donors (Lipinski definition) is 2. The molecule has 0 aromatic carbocycles. The Hall–Kier alpha value is -0.810. The van der Waals surface area contributed by atoms with Crippen LogP contribution in [0.25, 0.3) is 0 Å². The lowest BCUT2D eigenvalue weighted by molar-refractivity contribution is -0.0373. The molecule has 1 saturated heterocycles. The molecule has 23 heavy (non-hydrogen) atoms. The lowest BCUT2D eigenvalue weighted by atomic mass is 9.71. The summed E-state index contributed by atoms with van der Waals surface area (Å²) in [6.07, 6.45) is 5.87. The van der Waals surface area contributed by atoms with Gasteiger partial charge in [0.1, 0.15) is 5.60 Å². The predicted octanol–water partition coefficient (Wildman–Crippen LogP) is 3.23. The molecule has 1 heterocycles. The molecule has 1 saturated carbocycles. The van der Waals surface area contributed by atoms with Crippen molar-refractivity contribution in [2.24, 2.45) is 5.92 Å². The highest BCUT2D eigenvalue weighted by molar-refractivity contribution is 5.68. The average Bonchev–Trinajstić information content (AvgIpc) is 2.85. The fourth-order valence-corrected chi connectivity index (χ4v) is 3.66. The summed E-state index contributed by atoms with van der Waals surface area (Å²) in [5.74, 6) is 0.419. The van der Waals surface area contributed by atoms with Crippen LogP contribution in [-0.4, -0.2) is 42.5 Å². The summed E-state index contributed by atoms with van der Waals surface area (Å²) in [6, 6.07) is 0.761. The molecule has 5 atom stereocenters. The maximum Gasteiger partial charge on any atom is 0.407 e. The molecular formula is C18H34N2O3. The van der Waals surface area contributed by atoms with Gasteiger partial charge in [0.15, 0.2) is 0 Å². The second kappa shape index (κ2) is 7.84. The van der Waals surface area contributed by atoms with Crippen LogP contribution in [0.1, 0.15) is 66.7 Å². The van der Waals surface area contributed by atoms with E-state index < -0.39 is 5.60 Å². The molecule has 5 unspecified atom stereocenters. The minimum atomic E-state index is -0.463. The van der Waals surface area contributed by atoms with E-state index in [-0.39, 0.29) is 24.3 Å². The third-order valence-corrected chi connectivity index (χ3v) is 4.79. The highest BCUT2D eigenvalue weighted by atomic mass is 16.6. The monoisotopic (exact) mass is 326 g/mol. The highest BCUT2D eigenvalue weighted by Gasteiger charge is 2.54. The number of rotatable bonds is 7. The summed E-state index contributed by atoms with van der Waals surface area (Å²) >= 11 is 0. The van der Waals surface area contributed by atoms with Gasteiger partial charge in [0.2, 0.25) is 0 Å². The molecule has 0 spiro atoms. The van der Waals surface area contributed by atoms with Gasteiger partial charge in [-0.2, -0.15) is 0 Å². The standard InChI is InChI=1S/C18H34N2O3/c1-6-7-8-9-12(2)19-15-14(13-10-11-22-16(13)15)20-17(21)23-18(3,4)5/h12-16,19H,6-11H2,1-5H3,(H,20,21). The van der Waals surface area contributed by atoms with E-state index in [0.29, 0.717) is 12.0 Å². The molecule has 2 rings (SSSR count). The molecule has 0 bridgehead atoms. The second-order valence-corrected chi connectivity index (χ2v) is 8.05. The van der Waals surface area contributed by atoms with Crippen LogP contribution in [0, 0.1) is 5.92 Å². The van der Waals surface area contributed by atoms with E-state index in [4.69, 9.17) is 9.47 Å². The van der Waals surface area contributed by atoms with Crippen molar-refractivity contribution in [2.75, 3.05) is 6.61 Å². The van der Waals surface area contributed by atoms with Gasteiger partial charge in [0.05, 0.1) is 18.2 Å². The van der Waals surface area contributed by atoms with Crippen molar-refractivity contribution < 1.29 is 14.3 Å². The summed E-state index contributed by atoms with van der Waals surface area (Å²) in [4.78, 5) is 12.1. The summed E-state index contributed by atoms with van der Waals surface area (Å²) < 4.78 is 11.3. The molecule has 5 nitrogen and oxygen atoms in total. The van der Waals surface area contributed by atoms with Crippen molar-refractivity contribution in [1.82, 2.24) is 10.6 Å². The fourth-order valence-electron chi connectivity index (χ4n) is 3.66. The van der Waals surface area contributed by atoms with Gasteiger partial charge in [-0.3, -0.25) is 0 Å². The van der Waals surface area contributed by atoms with Crippen LogP contribution in [0.3, 0.4) is 0 Å². The molecule has 134 valence electrons. The van der Waals surface area contributed by atoms with Gasteiger partial charge >= 0.3 is 6.09 Å². The number of carbonyl (C=O) groups excluding carboxylic acids is 1. The van der Waals surface area contributed by atoms with Crippen LogP contribution in [0.15, 0.2) is 0 Å². The number of amides is 1. The van der Waals surface area contributed by atoms with E-state index in [1.54, 1.807) is 0 Å². The molecule has 2 fully saturated rings. The number of fused-ring (bicyclic) bond motifs is 1. The van der Waals surface area contributed by atoms with Gasteiger partial charge in [0, 0.05) is 18.6 Å². The number of nitrogens with one attached hydrogen (secondary N) is 2. The van der Waals surface area contributed by atoms with Crippen molar-refractivity contribution in [3.8, 4) is 0 Å². The Bertz CT molecular complexity index is 394. The molecule has 1 aliphatic carbocycles. The zero-order chi connectivity index (χ0) is 17.0. The number of carbonyl (C=O) groups is 1. The Kier molecular flexibility index (Phi) is 6.32. The molecule has 2 N–H and O–H groups in total. The predicted molar refractivity (Wildman–Crippen MR) is 91.5 cm³/mol. The van der Waals surface area contributed by atoms with Gasteiger partial charge in [-0.05, 0) is 40.5 Å². The lowest BCUT2D eigenvalue weighted by Gasteiger charge is -2.49. The Balaban J connectivity index is 1.85. The molecule has 0 aromatic heterocycles. The topological polar surface area (TPSA) is 59.6 Å². The third-order valence-electron chi connectivity index (χ3n) is 4.79. The summed E-state index contributed by atoms with van der Waals surface area (Å²) in [5, 5.41) is 6.73. The Morgan fingerprint density at radius 2 is 2.04 bits per heavy atom. The number of ether oxygens (including phenoxy) is 2. The van der Waals surface area contributed by atoms with Crippen LogP contribution < -0.4 is 10.6 Å². The van der Waals surface area contributed by atoms with Crippen LogP contribution in [0.5, 0.6) is 0 Å².